The lowest BCUT2D eigenvalue weighted by Crippen LogP contribution is -2.37. The first-order chi connectivity index (χ1) is 10.1. The van der Waals surface area contributed by atoms with E-state index in [2.05, 4.69) is 4.90 Å². The molecule has 2 rings (SSSR count). The Bertz CT molecular complexity index is 449. The fourth-order valence-corrected chi connectivity index (χ4v) is 2.80. The van der Waals surface area contributed by atoms with E-state index in [-0.39, 0.29) is 5.56 Å². The van der Waals surface area contributed by atoms with Crippen LogP contribution >= 0.6 is 0 Å². The zero-order chi connectivity index (χ0) is 15.2. The number of halogens is 1. The quantitative estimate of drug-likeness (QED) is 0.875. The first-order valence-corrected chi connectivity index (χ1v) is 7.42. The topological polar surface area (TPSA) is 41.9 Å². The molecule has 21 heavy (non-hydrogen) atoms. The maximum absolute atomic E-state index is 13.9. The minimum absolute atomic E-state index is 0.250. The van der Waals surface area contributed by atoms with Gasteiger partial charge in [-0.2, -0.15) is 0 Å². The number of nitrogens with zero attached hydrogens (tertiary/aromatic N) is 1. The van der Waals surface area contributed by atoms with E-state index >= 15 is 0 Å². The molecule has 1 fully saturated rings. The molecule has 1 aliphatic rings. The molecule has 1 aliphatic heterocycles. The highest BCUT2D eigenvalue weighted by Crippen LogP contribution is 2.30. The van der Waals surface area contributed by atoms with Crippen LogP contribution in [0.2, 0.25) is 0 Å². The summed E-state index contributed by atoms with van der Waals surface area (Å²) in [7, 11) is 3.53. The average molecular weight is 297 g/mol. The van der Waals surface area contributed by atoms with Crippen molar-refractivity contribution in [2.24, 2.45) is 0 Å². The van der Waals surface area contributed by atoms with Gasteiger partial charge < -0.3 is 19.5 Å². The molecule has 1 saturated heterocycles. The van der Waals surface area contributed by atoms with Crippen molar-refractivity contribution in [3.8, 4) is 5.75 Å². The van der Waals surface area contributed by atoms with Crippen molar-refractivity contribution in [2.75, 3.05) is 33.9 Å². The Labute approximate surface area is 125 Å². The molecular formula is C16H24FNO3. The summed E-state index contributed by atoms with van der Waals surface area (Å²) in [5.74, 6) is -0.0215. The third kappa shape index (κ3) is 4.15. The van der Waals surface area contributed by atoms with E-state index in [1.165, 1.54) is 13.2 Å². The number of rotatable bonds is 6. The summed E-state index contributed by atoms with van der Waals surface area (Å²) in [6.07, 6.45) is 1.64. The van der Waals surface area contributed by atoms with Crippen LogP contribution in [0.5, 0.6) is 5.75 Å². The molecule has 1 N–H and O–H groups in total. The van der Waals surface area contributed by atoms with Crippen LogP contribution in [0.4, 0.5) is 4.39 Å². The molecule has 0 bridgehead atoms. The van der Waals surface area contributed by atoms with Crippen molar-refractivity contribution in [1.82, 2.24) is 4.90 Å². The Morgan fingerprint density at radius 2 is 2.14 bits per heavy atom. The lowest BCUT2D eigenvalue weighted by Gasteiger charge is -2.31. The predicted octanol–water partition coefficient (Wildman–Crippen LogP) is 2.37. The van der Waals surface area contributed by atoms with Gasteiger partial charge in [0.15, 0.2) is 0 Å². The van der Waals surface area contributed by atoms with Crippen LogP contribution in [-0.4, -0.2) is 50.0 Å². The number of ether oxygens (including phenoxy) is 2. The molecule has 0 aromatic heterocycles. The maximum Gasteiger partial charge on any atom is 0.132 e. The van der Waals surface area contributed by atoms with E-state index in [0.717, 1.165) is 26.1 Å². The van der Waals surface area contributed by atoms with Gasteiger partial charge in [-0.1, -0.05) is 6.07 Å². The third-order valence-electron chi connectivity index (χ3n) is 4.14. The largest absolute Gasteiger partial charge is 0.496 e. The summed E-state index contributed by atoms with van der Waals surface area (Å²) >= 11 is 0. The summed E-state index contributed by atoms with van der Waals surface area (Å²) in [6, 6.07) is 5.08. The van der Waals surface area contributed by atoms with Crippen molar-refractivity contribution in [3.63, 3.8) is 0 Å². The van der Waals surface area contributed by atoms with Crippen LogP contribution in [-0.2, 0) is 4.74 Å². The van der Waals surface area contributed by atoms with Gasteiger partial charge in [0.25, 0.3) is 0 Å². The van der Waals surface area contributed by atoms with Gasteiger partial charge in [-0.15, -0.1) is 0 Å². The second kappa shape index (κ2) is 7.73. The Kier molecular flexibility index (Phi) is 5.96. The van der Waals surface area contributed by atoms with Crippen molar-refractivity contribution in [3.05, 3.63) is 29.6 Å². The number of hydrogen-bond donors (Lipinski definition) is 1. The summed E-state index contributed by atoms with van der Waals surface area (Å²) in [6.45, 7) is 2.29. The van der Waals surface area contributed by atoms with Gasteiger partial charge in [-0.25, -0.2) is 4.39 Å². The molecule has 1 unspecified atom stereocenters. The summed E-state index contributed by atoms with van der Waals surface area (Å²) in [4.78, 5) is 2.22. The van der Waals surface area contributed by atoms with Gasteiger partial charge in [0, 0.05) is 25.8 Å². The number of methoxy groups -OCH3 is 1. The molecule has 118 valence electrons. The van der Waals surface area contributed by atoms with Crippen LogP contribution in [0.3, 0.4) is 0 Å². The summed E-state index contributed by atoms with van der Waals surface area (Å²) in [5, 5.41) is 10.3. The van der Waals surface area contributed by atoms with Crippen molar-refractivity contribution >= 4 is 0 Å². The zero-order valence-corrected chi connectivity index (χ0v) is 12.7. The Balaban J connectivity index is 1.93. The van der Waals surface area contributed by atoms with Crippen molar-refractivity contribution in [2.45, 2.75) is 31.4 Å². The zero-order valence-electron chi connectivity index (χ0n) is 12.7. The van der Waals surface area contributed by atoms with E-state index in [9.17, 15) is 9.50 Å². The second-order valence-electron chi connectivity index (χ2n) is 5.48. The fraction of sp³-hybridized carbons (Fsp3) is 0.625. The van der Waals surface area contributed by atoms with Gasteiger partial charge >= 0.3 is 0 Å². The summed E-state index contributed by atoms with van der Waals surface area (Å²) in [5.41, 5.74) is 0.250. The molecule has 1 atom stereocenters. The number of hydrogen-bond acceptors (Lipinski definition) is 4. The first-order valence-electron chi connectivity index (χ1n) is 7.42. The molecule has 0 spiro atoms. The average Bonchev–Trinajstić information content (AvgIpc) is 2.52. The molecule has 0 amide bonds. The molecule has 1 heterocycles. The lowest BCUT2D eigenvalue weighted by molar-refractivity contribution is 0.0373. The van der Waals surface area contributed by atoms with E-state index in [4.69, 9.17) is 9.47 Å². The summed E-state index contributed by atoms with van der Waals surface area (Å²) < 4.78 is 24.4. The normalized spacial score (nSPS) is 18.0. The van der Waals surface area contributed by atoms with E-state index < -0.39 is 11.9 Å². The highest BCUT2D eigenvalue weighted by molar-refractivity contribution is 5.36. The molecule has 0 aliphatic carbocycles. The van der Waals surface area contributed by atoms with Gasteiger partial charge in [-0.3, -0.25) is 0 Å². The highest BCUT2D eigenvalue weighted by Gasteiger charge is 2.22. The Morgan fingerprint density at radius 1 is 1.43 bits per heavy atom. The molecule has 0 radical (unpaired) electrons. The van der Waals surface area contributed by atoms with Crippen LogP contribution in [0.1, 0.15) is 30.9 Å². The molecule has 1 aromatic carbocycles. The smallest absolute Gasteiger partial charge is 0.132 e. The van der Waals surface area contributed by atoms with E-state index in [0.29, 0.717) is 24.8 Å². The van der Waals surface area contributed by atoms with Crippen molar-refractivity contribution in [1.29, 1.82) is 0 Å². The minimum Gasteiger partial charge on any atom is -0.496 e. The first kappa shape index (κ1) is 16.2. The van der Waals surface area contributed by atoms with Gasteiger partial charge in [0.2, 0.25) is 0 Å². The fourth-order valence-electron chi connectivity index (χ4n) is 2.80. The molecular weight excluding hydrogens is 273 g/mol. The van der Waals surface area contributed by atoms with Gasteiger partial charge in [0.05, 0.1) is 18.8 Å². The molecule has 4 nitrogen and oxygen atoms in total. The number of aliphatic hydroxyl groups excluding tert-OH is 1. The van der Waals surface area contributed by atoms with Crippen molar-refractivity contribution < 1.29 is 19.0 Å². The highest BCUT2D eigenvalue weighted by atomic mass is 19.1. The Morgan fingerprint density at radius 3 is 2.81 bits per heavy atom. The van der Waals surface area contributed by atoms with Gasteiger partial charge in [-0.05, 0) is 38.4 Å². The SMILES string of the molecule is COc1cccc(F)c1C(O)CCN(C)C1CCOCC1. The second-order valence-corrected chi connectivity index (χ2v) is 5.48. The molecule has 0 saturated carbocycles. The maximum atomic E-state index is 13.9. The lowest BCUT2D eigenvalue weighted by atomic mass is 10.0. The standard InChI is InChI=1S/C16H24FNO3/c1-18(12-7-10-21-11-8-12)9-6-14(19)16-13(17)4-3-5-15(16)20-2/h3-5,12,14,19H,6-11H2,1-2H3. The Hall–Kier alpha value is -1.17. The third-order valence-corrected chi connectivity index (χ3v) is 4.14. The van der Waals surface area contributed by atoms with Gasteiger partial charge in [0.1, 0.15) is 11.6 Å². The molecule has 1 aromatic rings. The monoisotopic (exact) mass is 297 g/mol. The number of aliphatic hydroxyl groups is 1. The molecule has 5 heteroatoms. The van der Waals surface area contributed by atoms with Crippen LogP contribution < -0.4 is 4.74 Å². The van der Waals surface area contributed by atoms with Crippen LogP contribution in [0, 0.1) is 5.82 Å². The van der Waals surface area contributed by atoms with E-state index in [1.807, 2.05) is 7.05 Å². The van der Waals surface area contributed by atoms with E-state index in [1.54, 1.807) is 12.1 Å². The minimum atomic E-state index is -0.858. The van der Waals surface area contributed by atoms with Crippen LogP contribution in [0.25, 0.3) is 0 Å². The number of benzene rings is 1. The predicted molar refractivity (Wildman–Crippen MR) is 79.0 cm³/mol. The van der Waals surface area contributed by atoms with Crippen LogP contribution in [0.15, 0.2) is 18.2 Å².